The fraction of sp³-hybridized carbons (Fsp3) is 0.235. The lowest BCUT2D eigenvalue weighted by molar-refractivity contribution is -0.119. The molecule has 0 aliphatic heterocycles. The maximum absolute atomic E-state index is 12.4. The highest BCUT2D eigenvalue weighted by Crippen LogP contribution is 2.19. The SMILES string of the molecule is Cc1cc(NC(=O)C(C)n2cc(Br)cn2)nn1Cc1ccccc1Cl. The summed E-state index contributed by atoms with van der Waals surface area (Å²) in [5, 5.41) is 12.1. The van der Waals surface area contributed by atoms with Gasteiger partial charge in [0.25, 0.3) is 0 Å². The van der Waals surface area contributed by atoms with Crippen LogP contribution in [0.15, 0.2) is 47.2 Å². The first-order chi connectivity index (χ1) is 11.9. The van der Waals surface area contributed by atoms with Gasteiger partial charge in [-0.1, -0.05) is 29.8 Å². The van der Waals surface area contributed by atoms with Crippen molar-refractivity contribution in [2.45, 2.75) is 26.4 Å². The van der Waals surface area contributed by atoms with Crippen molar-refractivity contribution in [1.82, 2.24) is 19.6 Å². The molecule has 0 saturated carbocycles. The van der Waals surface area contributed by atoms with Crippen LogP contribution in [0.1, 0.15) is 24.2 Å². The molecule has 1 atom stereocenters. The van der Waals surface area contributed by atoms with Gasteiger partial charge in [-0.15, -0.1) is 0 Å². The van der Waals surface area contributed by atoms with E-state index in [0.717, 1.165) is 15.7 Å². The summed E-state index contributed by atoms with van der Waals surface area (Å²) in [7, 11) is 0. The van der Waals surface area contributed by atoms with Gasteiger partial charge in [0, 0.05) is 23.0 Å². The number of carbonyl (C=O) groups excluding carboxylic acids is 1. The zero-order chi connectivity index (χ0) is 18.0. The summed E-state index contributed by atoms with van der Waals surface area (Å²) in [6.07, 6.45) is 3.40. The lowest BCUT2D eigenvalue weighted by atomic mass is 10.2. The molecule has 3 aromatic rings. The van der Waals surface area contributed by atoms with E-state index in [1.807, 2.05) is 41.9 Å². The predicted octanol–water partition coefficient (Wildman–Crippen LogP) is 4.05. The van der Waals surface area contributed by atoms with Crippen LogP contribution in [0.3, 0.4) is 0 Å². The number of nitrogens with one attached hydrogen (secondary N) is 1. The second kappa shape index (κ2) is 7.41. The summed E-state index contributed by atoms with van der Waals surface area (Å²) < 4.78 is 4.23. The Hall–Kier alpha value is -2.12. The largest absolute Gasteiger partial charge is 0.307 e. The molecule has 0 aliphatic carbocycles. The summed E-state index contributed by atoms with van der Waals surface area (Å²) in [5.74, 6) is 0.325. The number of anilines is 1. The van der Waals surface area contributed by atoms with Crippen molar-refractivity contribution < 1.29 is 4.79 Å². The highest BCUT2D eigenvalue weighted by Gasteiger charge is 2.17. The minimum atomic E-state index is -0.444. The molecule has 2 aromatic heterocycles. The smallest absolute Gasteiger partial charge is 0.250 e. The number of rotatable bonds is 5. The zero-order valence-electron chi connectivity index (χ0n) is 13.8. The van der Waals surface area contributed by atoms with Gasteiger partial charge in [-0.3, -0.25) is 14.2 Å². The highest BCUT2D eigenvalue weighted by molar-refractivity contribution is 9.10. The van der Waals surface area contributed by atoms with Gasteiger partial charge in [-0.2, -0.15) is 10.2 Å². The van der Waals surface area contributed by atoms with Gasteiger partial charge < -0.3 is 5.32 Å². The third-order valence-electron chi connectivity index (χ3n) is 3.86. The van der Waals surface area contributed by atoms with Crippen LogP contribution < -0.4 is 5.32 Å². The van der Waals surface area contributed by atoms with Crippen LogP contribution in [0.2, 0.25) is 5.02 Å². The van der Waals surface area contributed by atoms with E-state index in [1.165, 1.54) is 0 Å². The monoisotopic (exact) mass is 421 g/mol. The maximum atomic E-state index is 12.4. The van der Waals surface area contributed by atoms with Crippen LogP contribution in [0.25, 0.3) is 0 Å². The van der Waals surface area contributed by atoms with Crippen LogP contribution in [-0.4, -0.2) is 25.5 Å². The highest BCUT2D eigenvalue weighted by atomic mass is 79.9. The number of nitrogens with zero attached hydrogens (tertiary/aromatic N) is 4. The molecular weight excluding hydrogens is 406 g/mol. The fourth-order valence-corrected chi connectivity index (χ4v) is 2.89. The molecule has 130 valence electrons. The molecule has 0 bridgehead atoms. The molecule has 8 heteroatoms. The minimum absolute atomic E-state index is 0.182. The van der Waals surface area contributed by atoms with E-state index in [1.54, 1.807) is 24.0 Å². The molecule has 25 heavy (non-hydrogen) atoms. The molecule has 0 radical (unpaired) electrons. The van der Waals surface area contributed by atoms with E-state index in [0.29, 0.717) is 17.4 Å². The Balaban J connectivity index is 1.72. The number of carbonyl (C=O) groups is 1. The van der Waals surface area contributed by atoms with Crippen LogP contribution >= 0.6 is 27.5 Å². The number of aryl methyl sites for hydroxylation is 1. The number of amides is 1. The molecule has 0 aliphatic rings. The van der Waals surface area contributed by atoms with Crippen molar-refractivity contribution in [3.63, 3.8) is 0 Å². The molecule has 0 spiro atoms. The summed E-state index contributed by atoms with van der Waals surface area (Å²) in [6, 6.07) is 9.03. The molecule has 1 unspecified atom stereocenters. The Morgan fingerprint density at radius 1 is 1.40 bits per heavy atom. The molecule has 6 nitrogen and oxygen atoms in total. The van der Waals surface area contributed by atoms with Crippen LogP contribution in [0.5, 0.6) is 0 Å². The Morgan fingerprint density at radius 2 is 2.16 bits per heavy atom. The third-order valence-corrected chi connectivity index (χ3v) is 4.63. The van der Waals surface area contributed by atoms with E-state index in [-0.39, 0.29) is 5.91 Å². The Bertz CT molecular complexity index is 904. The summed E-state index contributed by atoms with van der Waals surface area (Å²) in [4.78, 5) is 12.4. The van der Waals surface area contributed by atoms with Crippen LogP contribution in [-0.2, 0) is 11.3 Å². The zero-order valence-corrected chi connectivity index (χ0v) is 16.1. The van der Waals surface area contributed by atoms with Crippen molar-refractivity contribution in [2.24, 2.45) is 0 Å². The van der Waals surface area contributed by atoms with Crippen molar-refractivity contribution in [3.8, 4) is 0 Å². The number of hydrogen-bond donors (Lipinski definition) is 1. The molecule has 1 amide bonds. The van der Waals surface area contributed by atoms with Gasteiger partial charge in [0.05, 0.1) is 17.2 Å². The van der Waals surface area contributed by atoms with E-state index in [9.17, 15) is 4.79 Å². The van der Waals surface area contributed by atoms with Crippen LogP contribution in [0, 0.1) is 6.92 Å². The third kappa shape index (κ3) is 4.11. The van der Waals surface area contributed by atoms with Gasteiger partial charge in [0.15, 0.2) is 5.82 Å². The standard InChI is InChI=1S/C17H17BrClN5O/c1-11-7-16(21-17(25)12(2)24-10-14(18)8-20-24)22-23(11)9-13-5-3-4-6-15(13)19/h3-8,10,12H,9H2,1-2H3,(H,21,22,25). The second-order valence-corrected chi connectivity index (χ2v) is 7.05. The lowest BCUT2D eigenvalue weighted by Gasteiger charge is -2.11. The topological polar surface area (TPSA) is 64.7 Å². The molecule has 1 N–H and O–H groups in total. The van der Waals surface area contributed by atoms with Crippen LogP contribution in [0.4, 0.5) is 5.82 Å². The number of hydrogen-bond acceptors (Lipinski definition) is 3. The molecule has 0 fully saturated rings. The van der Waals surface area contributed by atoms with Crippen molar-refractivity contribution in [1.29, 1.82) is 0 Å². The van der Waals surface area contributed by atoms with Crippen molar-refractivity contribution in [3.05, 3.63) is 63.5 Å². The summed E-state index contributed by atoms with van der Waals surface area (Å²) >= 11 is 9.53. The average Bonchev–Trinajstić information content (AvgIpc) is 3.15. The van der Waals surface area contributed by atoms with E-state index in [4.69, 9.17) is 11.6 Å². The molecule has 3 rings (SSSR count). The Labute approximate surface area is 158 Å². The Morgan fingerprint density at radius 3 is 2.84 bits per heavy atom. The van der Waals surface area contributed by atoms with Gasteiger partial charge in [0.2, 0.25) is 5.91 Å². The first-order valence-corrected chi connectivity index (χ1v) is 8.89. The second-order valence-electron chi connectivity index (χ2n) is 5.72. The summed E-state index contributed by atoms with van der Waals surface area (Å²) in [6.45, 7) is 4.26. The number of benzene rings is 1. The average molecular weight is 423 g/mol. The predicted molar refractivity (Wildman–Crippen MR) is 101 cm³/mol. The van der Waals surface area contributed by atoms with E-state index >= 15 is 0 Å². The minimum Gasteiger partial charge on any atom is -0.307 e. The molecule has 0 saturated heterocycles. The molecule has 2 heterocycles. The molecular formula is C17H17BrClN5O. The first-order valence-electron chi connectivity index (χ1n) is 7.72. The molecule has 1 aromatic carbocycles. The van der Waals surface area contributed by atoms with Crippen molar-refractivity contribution >= 4 is 39.3 Å². The van der Waals surface area contributed by atoms with Gasteiger partial charge in [-0.05, 0) is 41.4 Å². The van der Waals surface area contributed by atoms with Gasteiger partial charge in [-0.25, -0.2) is 0 Å². The summed E-state index contributed by atoms with van der Waals surface area (Å²) in [5.41, 5.74) is 1.91. The quantitative estimate of drug-likeness (QED) is 0.674. The maximum Gasteiger partial charge on any atom is 0.250 e. The first kappa shape index (κ1) is 17.7. The Kier molecular flexibility index (Phi) is 5.24. The van der Waals surface area contributed by atoms with Gasteiger partial charge in [0.1, 0.15) is 6.04 Å². The lowest BCUT2D eigenvalue weighted by Crippen LogP contribution is -2.24. The van der Waals surface area contributed by atoms with E-state index in [2.05, 4.69) is 31.4 Å². The van der Waals surface area contributed by atoms with Crippen molar-refractivity contribution in [2.75, 3.05) is 5.32 Å². The normalized spacial score (nSPS) is 12.2. The number of aromatic nitrogens is 4. The fourth-order valence-electron chi connectivity index (χ4n) is 2.40. The number of halogens is 2. The van der Waals surface area contributed by atoms with E-state index < -0.39 is 6.04 Å². The van der Waals surface area contributed by atoms with Gasteiger partial charge >= 0.3 is 0 Å².